The van der Waals surface area contributed by atoms with Gasteiger partial charge in [-0.25, -0.2) is 20.0 Å². The molecule has 0 saturated carbocycles. The molecule has 33 heavy (non-hydrogen) atoms. The van der Waals surface area contributed by atoms with Crippen LogP contribution in [-0.4, -0.2) is 36.3 Å². The number of carbonyl (C=O) groups is 3. The van der Waals surface area contributed by atoms with Crippen LogP contribution in [0.4, 0.5) is 4.39 Å². The number of hydrogen-bond donors (Lipinski definition) is 2. The van der Waals surface area contributed by atoms with Crippen molar-refractivity contribution < 1.29 is 28.2 Å². The minimum absolute atomic E-state index is 0.136. The van der Waals surface area contributed by atoms with Gasteiger partial charge in [0.05, 0.1) is 24.5 Å². The fourth-order valence-corrected chi connectivity index (χ4v) is 4.09. The monoisotopic (exact) mass is 452 g/mol. The van der Waals surface area contributed by atoms with Gasteiger partial charge in [-0.1, -0.05) is 6.07 Å². The van der Waals surface area contributed by atoms with Crippen LogP contribution in [0.3, 0.4) is 0 Å². The van der Waals surface area contributed by atoms with E-state index in [0.717, 1.165) is 12.1 Å². The third-order valence-electron chi connectivity index (χ3n) is 5.72. The molecule has 0 aliphatic carbocycles. The number of hydrogen-bond acceptors (Lipinski definition) is 7. The Balaban J connectivity index is 1.70. The number of hydrazone groups is 2. The Hall–Kier alpha value is -4.08. The summed E-state index contributed by atoms with van der Waals surface area (Å²) in [5.41, 5.74) is 6.79. The van der Waals surface area contributed by atoms with Crippen LogP contribution >= 0.6 is 0 Å². The highest BCUT2D eigenvalue weighted by Crippen LogP contribution is 2.41. The largest absolute Gasteiger partial charge is 0.493 e. The number of ether oxygens (including phenoxy) is 2. The number of halogens is 1. The molecule has 10 heteroatoms. The second kappa shape index (κ2) is 8.81. The Labute approximate surface area is 188 Å². The number of esters is 1. The summed E-state index contributed by atoms with van der Waals surface area (Å²) in [7, 11) is 1.41. The van der Waals surface area contributed by atoms with Crippen molar-refractivity contribution >= 4 is 29.2 Å². The number of benzene rings is 2. The zero-order valence-electron chi connectivity index (χ0n) is 18.1. The third-order valence-corrected chi connectivity index (χ3v) is 5.72. The van der Waals surface area contributed by atoms with Crippen LogP contribution in [0.5, 0.6) is 11.5 Å². The normalized spacial score (nSPS) is 20.5. The van der Waals surface area contributed by atoms with E-state index in [1.165, 1.54) is 25.3 Å². The summed E-state index contributed by atoms with van der Waals surface area (Å²) in [5, 5.41) is 8.05. The van der Waals surface area contributed by atoms with E-state index in [0.29, 0.717) is 17.0 Å². The second-order valence-corrected chi connectivity index (χ2v) is 7.75. The number of carbonyl (C=O) groups excluding carboxylic acids is 3. The van der Waals surface area contributed by atoms with Gasteiger partial charge in [0.1, 0.15) is 5.82 Å². The highest BCUT2D eigenvalue weighted by atomic mass is 19.1. The smallest absolute Gasteiger partial charge is 0.343 e. The summed E-state index contributed by atoms with van der Waals surface area (Å²) in [6.45, 7) is 3.43. The van der Waals surface area contributed by atoms with Crippen molar-refractivity contribution in [1.29, 1.82) is 0 Å². The molecule has 2 amide bonds. The van der Waals surface area contributed by atoms with E-state index in [2.05, 4.69) is 21.1 Å². The lowest BCUT2D eigenvalue weighted by atomic mass is 9.73. The molecule has 2 aromatic carbocycles. The summed E-state index contributed by atoms with van der Waals surface area (Å²) >= 11 is 0. The fraction of sp³-hybridized carbons (Fsp3) is 0.261. The zero-order chi connectivity index (χ0) is 23.7. The van der Waals surface area contributed by atoms with Crippen molar-refractivity contribution in [3.05, 3.63) is 59.4 Å². The van der Waals surface area contributed by atoms with E-state index < -0.39 is 29.5 Å². The van der Waals surface area contributed by atoms with Crippen LogP contribution in [-0.2, 0) is 9.59 Å². The average Bonchev–Trinajstić information content (AvgIpc) is 3.31. The van der Waals surface area contributed by atoms with Crippen molar-refractivity contribution in [2.45, 2.75) is 19.8 Å². The van der Waals surface area contributed by atoms with Crippen molar-refractivity contribution in [3.63, 3.8) is 0 Å². The topological polar surface area (TPSA) is 118 Å². The van der Waals surface area contributed by atoms with Gasteiger partial charge in [-0.2, -0.15) is 10.2 Å². The maximum Gasteiger partial charge on any atom is 0.343 e. The molecule has 0 spiro atoms. The number of nitrogens with zero attached hydrogens (tertiary/aromatic N) is 2. The van der Waals surface area contributed by atoms with E-state index in [1.807, 2.05) is 0 Å². The average molecular weight is 452 g/mol. The first-order chi connectivity index (χ1) is 15.8. The van der Waals surface area contributed by atoms with Gasteiger partial charge < -0.3 is 9.47 Å². The first-order valence-electron chi connectivity index (χ1n) is 10.1. The Bertz CT molecular complexity index is 1150. The van der Waals surface area contributed by atoms with E-state index >= 15 is 0 Å². The molecule has 2 unspecified atom stereocenters. The quantitative estimate of drug-likeness (QED) is 0.515. The first-order valence-corrected chi connectivity index (χ1v) is 10.1. The number of methoxy groups -OCH3 is 1. The summed E-state index contributed by atoms with van der Waals surface area (Å²) < 4.78 is 24.0. The molecule has 2 heterocycles. The van der Waals surface area contributed by atoms with Gasteiger partial charge >= 0.3 is 5.97 Å². The fourth-order valence-electron chi connectivity index (χ4n) is 4.09. The lowest BCUT2D eigenvalue weighted by Gasteiger charge is -2.27. The van der Waals surface area contributed by atoms with Gasteiger partial charge in [0.25, 0.3) is 0 Å². The summed E-state index contributed by atoms with van der Waals surface area (Å²) in [6, 6.07) is 9.77. The molecule has 2 N–H and O–H groups in total. The van der Waals surface area contributed by atoms with Crippen LogP contribution in [0.15, 0.2) is 52.7 Å². The molecule has 170 valence electrons. The van der Waals surface area contributed by atoms with Gasteiger partial charge in [-0.05, 0) is 55.8 Å². The Morgan fingerprint density at radius 3 is 2.00 bits per heavy atom. The summed E-state index contributed by atoms with van der Waals surface area (Å²) in [4.78, 5) is 37.7. The molecular formula is C23H21FN4O5. The molecule has 0 fully saturated rings. The zero-order valence-corrected chi connectivity index (χ0v) is 18.1. The van der Waals surface area contributed by atoms with Gasteiger partial charge in [0.15, 0.2) is 11.5 Å². The number of rotatable bonds is 6. The van der Waals surface area contributed by atoms with Gasteiger partial charge in [-0.3, -0.25) is 9.59 Å². The first kappa shape index (κ1) is 22.1. The lowest BCUT2D eigenvalue weighted by Crippen LogP contribution is -2.38. The summed E-state index contributed by atoms with van der Waals surface area (Å²) in [5.74, 6) is -3.43. The van der Waals surface area contributed by atoms with E-state index in [1.54, 1.807) is 26.0 Å². The Kier molecular flexibility index (Phi) is 5.91. The van der Waals surface area contributed by atoms with Crippen LogP contribution in [0, 0.1) is 17.7 Å². The number of amides is 2. The van der Waals surface area contributed by atoms with Crippen molar-refractivity contribution in [2.75, 3.05) is 7.11 Å². The highest BCUT2D eigenvalue weighted by Gasteiger charge is 2.46. The molecule has 0 radical (unpaired) electrons. The second-order valence-electron chi connectivity index (χ2n) is 7.75. The minimum Gasteiger partial charge on any atom is -0.493 e. The Morgan fingerprint density at radius 1 is 0.939 bits per heavy atom. The molecule has 2 aliphatic rings. The molecule has 2 atom stereocenters. The molecule has 2 aromatic rings. The SMILES string of the molecule is COc1cc(C(C2C(=O)NN=C2C)C2C(=O)NN=C2C)ccc1OC(=O)c1ccc(F)cc1. The van der Waals surface area contributed by atoms with Gasteiger partial charge in [-0.15, -0.1) is 0 Å². The third kappa shape index (κ3) is 4.19. The van der Waals surface area contributed by atoms with Crippen molar-refractivity contribution in [2.24, 2.45) is 22.0 Å². The van der Waals surface area contributed by atoms with Crippen LogP contribution in [0.25, 0.3) is 0 Å². The summed E-state index contributed by atoms with van der Waals surface area (Å²) in [6.07, 6.45) is 0. The Morgan fingerprint density at radius 2 is 1.52 bits per heavy atom. The van der Waals surface area contributed by atoms with E-state index in [4.69, 9.17) is 9.47 Å². The van der Waals surface area contributed by atoms with Crippen LogP contribution in [0.2, 0.25) is 0 Å². The van der Waals surface area contributed by atoms with Crippen LogP contribution < -0.4 is 20.3 Å². The molecule has 9 nitrogen and oxygen atoms in total. The lowest BCUT2D eigenvalue weighted by molar-refractivity contribution is -0.125. The predicted octanol–water partition coefficient (Wildman–Crippen LogP) is 2.38. The molecule has 2 aliphatic heterocycles. The molecule has 0 saturated heterocycles. The maximum atomic E-state index is 13.1. The van der Waals surface area contributed by atoms with Gasteiger partial charge in [0.2, 0.25) is 11.8 Å². The van der Waals surface area contributed by atoms with E-state index in [-0.39, 0.29) is 28.9 Å². The molecule has 4 rings (SSSR count). The maximum absolute atomic E-state index is 13.1. The molecule has 0 aromatic heterocycles. The standard InChI is InChI=1S/C23H21FN4O5/c1-11-18(21(29)27-25-11)20(19-12(2)26-28-22(19)30)14-6-9-16(17(10-14)32-3)33-23(31)13-4-7-15(24)8-5-13/h4-10,18-20H,1-3H3,(H,27,29)(H,28,30). The predicted molar refractivity (Wildman–Crippen MR) is 117 cm³/mol. The molecule has 0 bridgehead atoms. The van der Waals surface area contributed by atoms with Crippen molar-refractivity contribution in [1.82, 2.24) is 10.9 Å². The van der Waals surface area contributed by atoms with Crippen LogP contribution in [0.1, 0.15) is 35.7 Å². The van der Waals surface area contributed by atoms with Gasteiger partial charge in [0, 0.05) is 17.3 Å². The van der Waals surface area contributed by atoms with Crippen molar-refractivity contribution in [3.8, 4) is 11.5 Å². The minimum atomic E-state index is -0.693. The molecular weight excluding hydrogens is 431 g/mol. The highest BCUT2D eigenvalue weighted by molar-refractivity contribution is 6.12. The number of nitrogens with one attached hydrogen (secondary N) is 2. The van der Waals surface area contributed by atoms with E-state index in [9.17, 15) is 18.8 Å².